The minimum absolute atomic E-state index is 0.122. The van der Waals surface area contributed by atoms with E-state index in [1.165, 1.54) is 11.1 Å². The van der Waals surface area contributed by atoms with Gasteiger partial charge in [0.15, 0.2) is 5.79 Å². The van der Waals surface area contributed by atoms with Crippen LogP contribution < -0.4 is 5.32 Å². The highest BCUT2D eigenvalue weighted by molar-refractivity contribution is 5.16. The van der Waals surface area contributed by atoms with Crippen LogP contribution in [0.5, 0.6) is 0 Å². The Kier molecular flexibility index (Phi) is 5.09. The zero-order chi connectivity index (χ0) is 18.0. The molecule has 0 bridgehead atoms. The summed E-state index contributed by atoms with van der Waals surface area (Å²) < 4.78 is 12.4. The predicted molar refractivity (Wildman–Crippen MR) is 103 cm³/mol. The lowest BCUT2D eigenvalue weighted by atomic mass is 10.1. The Hall–Kier alpha value is -1.72. The van der Waals surface area contributed by atoms with Crippen molar-refractivity contribution in [3.63, 3.8) is 0 Å². The summed E-state index contributed by atoms with van der Waals surface area (Å²) in [7, 11) is 0. The van der Waals surface area contributed by atoms with E-state index >= 15 is 0 Å². The Morgan fingerprint density at radius 3 is 2.31 bits per heavy atom. The van der Waals surface area contributed by atoms with Gasteiger partial charge in [0.05, 0.1) is 6.04 Å². The fraction of sp³-hybridized carbons (Fsp3) is 0.455. The number of benzene rings is 2. The molecule has 0 saturated carbocycles. The molecule has 1 N–H and O–H groups in total. The molecule has 2 fully saturated rings. The largest absolute Gasteiger partial charge is 0.343 e. The van der Waals surface area contributed by atoms with Crippen molar-refractivity contribution in [1.82, 2.24) is 10.2 Å². The molecule has 0 amide bonds. The van der Waals surface area contributed by atoms with Gasteiger partial charge in [0, 0.05) is 26.2 Å². The van der Waals surface area contributed by atoms with Crippen LogP contribution in [0.2, 0.25) is 0 Å². The molecule has 0 radical (unpaired) electrons. The van der Waals surface area contributed by atoms with E-state index in [4.69, 9.17) is 9.47 Å². The average Bonchev–Trinajstić information content (AvgIpc) is 3.09. The molecule has 2 heterocycles. The van der Waals surface area contributed by atoms with E-state index in [0.717, 1.165) is 26.2 Å². The number of nitrogens with one attached hydrogen (secondary N) is 1. The van der Waals surface area contributed by atoms with E-state index in [-0.39, 0.29) is 12.2 Å². The summed E-state index contributed by atoms with van der Waals surface area (Å²) in [5.41, 5.74) is 2.64. The van der Waals surface area contributed by atoms with Crippen molar-refractivity contribution in [3.8, 4) is 0 Å². The zero-order valence-corrected chi connectivity index (χ0v) is 15.6. The van der Waals surface area contributed by atoms with E-state index in [2.05, 4.69) is 70.9 Å². The highest BCUT2D eigenvalue weighted by Gasteiger charge is 2.52. The van der Waals surface area contributed by atoms with Crippen LogP contribution in [-0.2, 0) is 22.6 Å². The standard InChI is InChI=1S/C22H28N2O2/c1-22(2)25-20-16-24(15-18-11-7-4-8-12-18)19(21(20)26-22)14-23-13-17-9-5-3-6-10-17/h3-12,19-21,23H,13-16H2,1-2H3/t19-,20-,21+/m1/s1. The van der Waals surface area contributed by atoms with Crippen molar-refractivity contribution in [2.75, 3.05) is 13.1 Å². The first kappa shape index (κ1) is 17.7. The lowest BCUT2D eigenvalue weighted by molar-refractivity contribution is -0.161. The number of rotatable bonds is 6. The van der Waals surface area contributed by atoms with Gasteiger partial charge in [0.1, 0.15) is 12.2 Å². The normalized spacial score (nSPS) is 27.5. The first-order chi connectivity index (χ1) is 12.6. The van der Waals surface area contributed by atoms with Gasteiger partial charge in [0.2, 0.25) is 0 Å². The van der Waals surface area contributed by atoms with E-state index in [1.807, 2.05) is 13.8 Å². The van der Waals surface area contributed by atoms with Crippen molar-refractivity contribution < 1.29 is 9.47 Å². The van der Waals surface area contributed by atoms with Crippen molar-refractivity contribution in [3.05, 3.63) is 71.8 Å². The maximum Gasteiger partial charge on any atom is 0.163 e. The van der Waals surface area contributed by atoms with Gasteiger partial charge >= 0.3 is 0 Å². The van der Waals surface area contributed by atoms with Crippen LogP contribution in [0.4, 0.5) is 0 Å². The molecule has 2 saturated heterocycles. The Morgan fingerprint density at radius 1 is 0.962 bits per heavy atom. The SMILES string of the molecule is CC1(C)O[C@H]2[C@@H](CNCc3ccccc3)N(Cc3ccccc3)C[C@H]2O1. The maximum atomic E-state index is 6.25. The zero-order valence-electron chi connectivity index (χ0n) is 15.6. The molecule has 2 aliphatic heterocycles. The Balaban J connectivity index is 1.43. The van der Waals surface area contributed by atoms with Gasteiger partial charge < -0.3 is 14.8 Å². The van der Waals surface area contributed by atoms with E-state index in [0.29, 0.717) is 6.04 Å². The number of nitrogens with zero attached hydrogens (tertiary/aromatic N) is 1. The van der Waals surface area contributed by atoms with Crippen molar-refractivity contribution in [1.29, 1.82) is 0 Å². The van der Waals surface area contributed by atoms with Crippen LogP contribution in [0.3, 0.4) is 0 Å². The molecule has 138 valence electrons. The number of fused-ring (bicyclic) bond motifs is 1. The van der Waals surface area contributed by atoms with Gasteiger partial charge in [-0.3, -0.25) is 4.90 Å². The molecule has 2 aromatic rings. The summed E-state index contributed by atoms with van der Waals surface area (Å²) in [5.74, 6) is -0.480. The molecule has 3 atom stereocenters. The molecule has 2 aliphatic rings. The highest BCUT2D eigenvalue weighted by Crippen LogP contribution is 2.37. The minimum Gasteiger partial charge on any atom is -0.343 e. The number of ether oxygens (including phenoxy) is 2. The maximum absolute atomic E-state index is 6.25. The van der Waals surface area contributed by atoms with Gasteiger partial charge in [0.25, 0.3) is 0 Å². The van der Waals surface area contributed by atoms with E-state index in [1.54, 1.807) is 0 Å². The number of hydrogen-bond acceptors (Lipinski definition) is 4. The number of likely N-dealkylation sites (tertiary alicyclic amines) is 1. The van der Waals surface area contributed by atoms with Gasteiger partial charge in [-0.15, -0.1) is 0 Å². The topological polar surface area (TPSA) is 33.7 Å². The van der Waals surface area contributed by atoms with Gasteiger partial charge in [-0.25, -0.2) is 0 Å². The molecule has 4 nitrogen and oxygen atoms in total. The molecule has 2 aromatic carbocycles. The van der Waals surface area contributed by atoms with Crippen LogP contribution in [0.1, 0.15) is 25.0 Å². The van der Waals surface area contributed by atoms with Crippen LogP contribution >= 0.6 is 0 Å². The van der Waals surface area contributed by atoms with Crippen LogP contribution in [0.25, 0.3) is 0 Å². The molecular formula is C22H28N2O2. The predicted octanol–water partition coefficient (Wildman–Crippen LogP) is 3.18. The molecule has 0 spiro atoms. The molecule has 4 rings (SSSR count). The summed E-state index contributed by atoms with van der Waals surface area (Å²) in [6.45, 7) is 7.64. The van der Waals surface area contributed by atoms with Crippen LogP contribution in [-0.4, -0.2) is 42.0 Å². The van der Waals surface area contributed by atoms with Crippen molar-refractivity contribution in [2.24, 2.45) is 0 Å². The van der Waals surface area contributed by atoms with Crippen LogP contribution in [0.15, 0.2) is 60.7 Å². The summed E-state index contributed by atoms with van der Waals surface area (Å²) >= 11 is 0. The highest BCUT2D eigenvalue weighted by atomic mass is 16.8. The fourth-order valence-corrected chi connectivity index (χ4v) is 4.11. The average molecular weight is 352 g/mol. The van der Waals surface area contributed by atoms with Crippen LogP contribution in [0, 0.1) is 0 Å². The molecule has 26 heavy (non-hydrogen) atoms. The van der Waals surface area contributed by atoms with Crippen molar-refractivity contribution in [2.45, 2.75) is 51.0 Å². The van der Waals surface area contributed by atoms with E-state index < -0.39 is 5.79 Å². The Bertz CT molecular complexity index is 705. The second-order valence-electron chi connectivity index (χ2n) is 7.74. The third-order valence-electron chi connectivity index (χ3n) is 5.24. The first-order valence-electron chi connectivity index (χ1n) is 9.49. The second-order valence-corrected chi connectivity index (χ2v) is 7.74. The fourth-order valence-electron chi connectivity index (χ4n) is 4.11. The monoisotopic (exact) mass is 352 g/mol. The molecule has 0 aromatic heterocycles. The Morgan fingerprint density at radius 2 is 1.62 bits per heavy atom. The number of hydrogen-bond donors (Lipinski definition) is 1. The Labute approximate surface area is 156 Å². The lowest BCUT2D eigenvalue weighted by Crippen LogP contribution is -2.44. The third-order valence-corrected chi connectivity index (χ3v) is 5.24. The third kappa shape index (κ3) is 3.99. The molecule has 0 unspecified atom stereocenters. The van der Waals surface area contributed by atoms with Gasteiger partial charge in [-0.2, -0.15) is 0 Å². The molecule has 0 aliphatic carbocycles. The minimum atomic E-state index is -0.480. The summed E-state index contributed by atoms with van der Waals surface area (Å²) in [5, 5.41) is 3.62. The first-order valence-corrected chi connectivity index (χ1v) is 9.49. The summed E-state index contributed by atoms with van der Waals surface area (Å²) in [6.07, 6.45) is 0.272. The lowest BCUT2D eigenvalue weighted by Gasteiger charge is -2.30. The summed E-state index contributed by atoms with van der Waals surface area (Å²) in [6, 6.07) is 21.5. The quantitative estimate of drug-likeness (QED) is 0.866. The summed E-state index contributed by atoms with van der Waals surface area (Å²) in [4.78, 5) is 2.50. The molecular weight excluding hydrogens is 324 g/mol. The second kappa shape index (κ2) is 7.49. The van der Waals surface area contributed by atoms with Gasteiger partial charge in [-0.05, 0) is 25.0 Å². The van der Waals surface area contributed by atoms with Crippen molar-refractivity contribution >= 4 is 0 Å². The molecule has 4 heteroatoms. The van der Waals surface area contributed by atoms with E-state index in [9.17, 15) is 0 Å². The smallest absolute Gasteiger partial charge is 0.163 e. The van der Waals surface area contributed by atoms with Gasteiger partial charge in [-0.1, -0.05) is 60.7 Å².